The number of benzene rings is 3. The van der Waals surface area contributed by atoms with E-state index in [0.29, 0.717) is 26.6 Å². The van der Waals surface area contributed by atoms with Gasteiger partial charge in [-0.3, -0.25) is 0 Å². The van der Waals surface area contributed by atoms with E-state index in [1.165, 1.54) is 0 Å². The third-order valence-corrected chi connectivity index (χ3v) is 4.02. The Bertz CT molecular complexity index is 888. The van der Waals surface area contributed by atoms with E-state index in [-0.39, 0.29) is 0 Å². The lowest BCUT2D eigenvalue weighted by Gasteiger charge is -2.13. The Hall–Kier alpha value is -2.27. The molecule has 0 bridgehead atoms. The van der Waals surface area contributed by atoms with Crippen LogP contribution in [-0.2, 0) is 0 Å². The highest BCUT2D eigenvalue weighted by molar-refractivity contribution is 7.80. The van der Waals surface area contributed by atoms with Crippen molar-refractivity contribution >= 4 is 51.9 Å². The van der Waals surface area contributed by atoms with Crippen LogP contribution in [0.1, 0.15) is 0 Å². The zero-order chi connectivity index (χ0) is 17.6. The number of para-hydroxylation sites is 1. The zero-order valence-corrected chi connectivity index (χ0v) is 15.3. The first-order chi connectivity index (χ1) is 12.1. The topological polar surface area (TPSA) is 33.3 Å². The molecule has 0 aromatic heterocycles. The van der Waals surface area contributed by atoms with E-state index in [1.807, 2.05) is 54.6 Å². The summed E-state index contributed by atoms with van der Waals surface area (Å²) in [4.78, 5) is 0. The maximum Gasteiger partial charge on any atom is 0.175 e. The normalized spacial score (nSPS) is 10.2. The van der Waals surface area contributed by atoms with Crippen molar-refractivity contribution < 1.29 is 4.74 Å². The van der Waals surface area contributed by atoms with Crippen molar-refractivity contribution in [3.63, 3.8) is 0 Å². The molecule has 2 N–H and O–H groups in total. The fraction of sp³-hybridized carbons (Fsp3) is 0. The van der Waals surface area contributed by atoms with E-state index in [9.17, 15) is 0 Å². The van der Waals surface area contributed by atoms with Crippen LogP contribution in [0.5, 0.6) is 11.5 Å². The molecule has 3 aromatic rings. The van der Waals surface area contributed by atoms with Crippen LogP contribution in [0.2, 0.25) is 10.0 Å². The molecule has 0 aliphatic carbocycles. The van der Waals surface area contributed by atoms with Gasteiger partial charge in [-0.2, -0.15) is 0 Å². The molecule has 126 valence electrons. The Morgan fingerprint density at radius 3 is 2.36 bits per heavy atom. The van der Waals surface area contributed by atoms with Crippen molar-refractivity contribution in [2.75, 3.05) is 10.6 Å². The van der Waals surface area contributed by atoms with Gasteiger partial charge in [0, 0.05) is 16.8 Å². The van der Waals surface area contributed by atoms with E-state index in [4.69, 9.17) is 40.2 Å². The van der Waals surface area contributed by atoms with E-state index in [1.54, 1.807) is 18.2 Å². The van der Waals surface area contributed by atoms with Crippen LogP contribution in [-0.4, -0.2) is 5.11 Å². The highest BCUT2D eigenvalue weighted by Crippen LogP contribution is 2.26. The SMILES string of the molecule is S=C(Nc1cccc(Oc2ccccc2)c1)Nc1cc(Cl)ccc1Cl. The highest BCUT2D eigenvalue weighted by atomic mass is 35.5. The van der Waals surface area contributed by atoms with Crippen LogP contribution in [0.3, 0.4) is 0 Å². The smallest absolute Gasteiger partial charge is 0.175 e. The maximum atomic E-state index is 6.13. The van der Waals surface area contributed by atoms with Crippen molar-refractivity contribution in [3.8, 4) is 11.5 Å². The molecule has 0 heterocycles. The van der Waals surface area contributed by atoms with Gasteiger partial charge in [0.15, 0.2) is 5.11 Å². The number of rotatable bonds is 4. The summed E-state index contributed by atoms with van der Waals surface area (Å²) in [5.41, 5.74) is 1.44. The first-order valence-corrected chi connectivity index (χ1v) is 8.62. The molecule has 0 fully saturated rings. The molecule has 25 heavy (non-hydrogen) atoms. The molecule has 6 heteroatoms. The fourth-order valence-corrected chi connectivity index (χ4v) is 2.70. The lowest BCUT2D eigenvalue weighted by molar-refractivity contribution is 0.483. The molecule has 0 radical (unpaired) electrons. The molecule has 0 amide bonds. The zero-order valence-electron chi connectivity index (χ0n) is 13.0. The summed E-state index contributed by atoms with van der Waals surface area (Å²) in [6.07, 6.45) is 0. The van der Waals surface area contributed by atoms with Gasteiger partial charge in [-0.1, -0.05) is 47.5 Å². The predicted molar refractivity (Wildman–Crippen MR) is 109 cm³/mol. The fourth-order valence-electron chi connectivity index (χ4n) is 2.14. The molecule has 0 atom stereocenters. The number of ether oxygens (including phenoxy) is 1. The van der Waals surface area contributed by atoms with Gasteiger partial charge in [-0.15, -0.1) is 0 Å². The van der Waals surface area contributed by atoms with E-state index >= 15 is 0 Å². The third kappa shape index (κ3) is 5.10. The minimum absolute atomic E-state index is 0.404. The van der Waals surface area contributed by atoms with E-state index in [0.717, 1.165) is 11.4 Å². The second-order valence-corrected chi connectivity index (χ2v) is 6.40. The summed E-state index contributed by atoms with van der Waals surface area (Å²) in [5, 5.41) is 7.65. The summed E-state index contributed by atoms with van der Waals surface area (Å²) in [6.45, 7) is 0. The van der Waals surface area contributed by atoms with Gasteiger partial charge in [0.25, 0.3) is 0 Å². The lowest BCUT2D eigenvalue weighted by Crippen LogP contribution is -2.19. The Morgan fingerprint density at radius 1 is 0.800 bits per heavy atom. The van der Waals surface area contributed by atoms with Gasteiger partial charge >= 0.3 is 0 Å². The Morgan fingerprint density at radius 2 is 1.56 bits per heavy atom. The predicted octanol–water partition coefficient (Wildman–Crippen LogP) is 6.59. The summed E-state index contributed by atoms with van der Waals surface area (Å²) in [7, 11) is 0. The Labute approximate surface area is 161 Å². The summed E-state index contributed by atoms with van der Waals surface area (Å²) in [6, 6.07) is 22.2. The van der Waals surface area contributed by atoms with Crippen LogP contribution in [0, 0.1) is 0 Å². The van der Waals surface area contributed by atoms with Gasteiger partial charge in [0.1, 0.15) is 11.5 Å². The average molecular weight is 389 g/mol. The van der Waals surface area contributed by atoms with Crippen molar-refractivity contribution in [2.45, 2.75) is 0 Å². The largest absolute Gasteiger partial charge is 0.457 e. The highest BCUT2D eigenvalue weighted by Gasteiger charge is 2.05. The standard InChI is InChI=1S/C19H14Cl2N2OS/c20-13-9-10-17(21)18(11-13)23-19(25)22-14-5-4-8-16(12-14)24-15-6-2-1-3-7-15/h1-12H,(H2,22,23,25). The first-order valence-electron chi connectivity index (χ1n) is 7.46. The summed E-state index contributed by atoms with van der Waals surface area (Å²) >= 11 is 17.4. The first kappa shape index (κ1) is 17.5. The Balaban J connectivity index is 1.67. The van der Waals surface area contributed by atoms with Gasteiger partial charge in [0.05, 0.1) is 10.7 Å². The lowest BCUT2D eigenvalue weighted by atomic mass is 10.3. The maximum absolute atomic E-state index is 6.13. The minimum Gasteiger partial charge on any atom is -0.457 e. The number of halogens is 2. The molecular weight excluding hydrogens is 375 g/mol. The molecule has 0 saturated carbocycles. The van der Waals surface area contributed by atoms with Crippen molar-refractivity contribution in [2.24, 2.45) is 0 Å². The molecular formula is C19H14Cl2N2OS. The van der Waals surface area contributed by atoms with E-state index in [2.05, 4.69) is 10.6 Å². The van der Waals surface area contributed by atoms with Crippen LogP contribution in [0.15, 0.2) is 72.8 Å². The van der Waals surface area contributed by atoms with Crippen molar-refractivity contribution in [3.05, 3.63) is 82.8 Å². The van der Waals surface area contributed by atoms with E-state index < -0.39 is 0 Å². The quantitative estimate of drug-likeness (QED) is 0.493. The van der Waals surface area contributed by atoms with Crippen LogP contribution < -0.4 is 15.4 Å². The number of hydrogen-bond acceptors (Lipinski definition) is 2. The van der Waals surface area contributed by atoms with Crippen molar-refractivity contribution in [1.29, 1.82) is 0 Å². The second-order valence-electron chi connectivity index (χ2n) is 5.15. The summed E-state index contributed by atoms with van der Waals surface area (Å²) in [5.74, 6) is 1.48. The monoisotopic (exact) mass is 388 g/mol. The molecule has 0 spiro atoms. The minimum atomic E-state index is 0.404. The summed E-state index contributed by atoms with van der Waals surface area (Å²) < 4.78 is 5.81. The van der Waals surface area contributed by atoms with Crippen LogP contribution >= 0.6 is 35.4 Å². The van der Waals surface area contributed by atoms with Gasteiger partial charge in [-0.05, 0) is 54.7 Å². The number of hydrogen-bond donors (Lipinski definition) is 2. The number of nitrogens with one attached hydrogen (secondary N) is 2. The number of thiocarbonyl (C=S) groups is 1. The second kappa shape index (κ2) is 8.21. The van der Waals surface area contributed by atoms with Gasteiger partial charge in [-0.25, -0.2) is 0 Å². The molecule has 3 nitrogen and oxygen atoms in total. The average Bonchev–Trinajstić information content (AvgIpc) is 2.59. The van der Waals surface area contributed by atoms with Gasteiger partial charge < -0.3 is 15.4 Å². The van der Waals surface area contributed by atoms with Crippen LogP contribution in [0.4, 0.5) is 11.4 Å². The molecule has 0 unspecified atom stereocenters. The third-order valence-electron chi connectivity index (χ3n) is 3.25. The molecule has 0 aliphatic heterocycles. The Kier molecular flexibility index (Phi) is 5.76. The molecule has 0 aliphatic rings. The molecule has 0 saturated heterocycles. The molecule has 3 rings (SSSR count). The molecule has 3 aromatic carbocycles. The van der Waals surface area contributed by atoms with Crippen molar-refractivity contribution in [1.82, 2.24) is 0 Å². The van der Waals surface area contributed by atoms with Gasteiger partial charge in [0.2, 0.25) is 0 Å². The van der Waals surface area contributed by atoms with Crippen LogP contribution in [0.25, 0.3) is 0 Å². The number of anilines is 2.